The van der Waals surface area contributed by atoms with Gasteiger partial charge in [0.25, 0.3) is 0 Å². The van der Waals surface area contributed by atoms with Crippen LogP contribution >= 0.6 is 11.6 Å². The van der Waals surface area contributed by atoms with Crippen molar-refractivity contribution in [2.24, 2.45) is 5.73 Å². The highest BCUT2D eigenvalue weighted by Gasteiger charge is 2.34. The zero-order valence-corrected chi connectivity index (χ0v) is 10.8. The van der Waals surface area contributed by atoms with E-state index in [4.69, 9.17) is 22.1 Å². The van der Waals surface area contributed by atoms with Gasteiger partial charge in [-0.1, -0.05) is 29.8 Å². The molecule has 1 amide bonds. The average molecular weight is 257 g/mol. The van der Waals surface area contributed by atoms with Crippen molar-refractivity contribution in [1.82, 2.24) is 5.32 Å². The summed E-state index contributed by atoms with van der Waals surface area (Å²) in [5, 5.41) is 3.58. The Hall–Kier alpha value is -1.10. The summed E-state index contributed by atoms with van der Waals surface area (Å²) in [4.78, 5) is 11.6. The van der Waals surface area contributed by atoms with Gasteiger partial charge in [-0.3, -0.25) is 10.1 Å². The lowest BCUT2D eigenvalue weighted by Gasteiger charge is -2.28. The molecule has 0 saturated carbocycles. The molecule has 1 rings (SSSR count). The molecule has 5 heteroatoms. The molecule has 1 aromatic rings. The highest BCUT2D eigenvalue weighted by Crippen LogP contribution is 2.27. The topological polar surface area (TPSA) is 64.3 Å². The van der Waals surface area contributed by atoms with E-state index in [0.29, 0.717) is 23.7 Å². The van der Waals surface area contributed by atoms with E-state index < -0.39 is 11.4 Å². The van der Waals surface area contributed by atoms with Gasteiger partial charge in [-0.05, 0) is 18.6 Å². The number of hydrogen-bond acceptors (Lipinski definition) is 3. The number of nitrogens with two attached hydrogens (primary N) is 1. The summed E-state index contributed by atoms with van der Waals surface area (Å²) in [6.07, 6.45) is 0. The number of amides is 1. The number of rotatable bonds is 6. The minimum Gasteiger partial charge on any atom is -0.383 e. The van der Waals surface area contributed by atoms with E-state index in [2.05, 4.69) is 5.32 Å². The molecule has 94 valence electrons. The van der Waals surface area contributed by atoms with Gasteiger partial charge in [0, 0.05) is 18.7 Å². The van der Waals surface area contributed by atoms with E-state index in [-0.39, 0.29) is 0 Å². The van der Waals surface area contributed by atoms with Crippen LogP contribution in [0.4, 0.5) is 0 Å². The molecule has 17 heavy (non-hydrogen) atoms. The van der Waals surface area contributed by atoms with Gasteiger partial charge in [-0.25, -0.2) is 0 Å². The molecule has 0 aromatic heterocycles. The zero-order valence-electron chi connectivity index (χ0n) is 10.00. The van der Waals surface area contributed by atoms with Crippen molar-refractivity contribution >= 4 is 17.5 Å². The Labute approximate surface area is 106 Å². The molecule has 0 radical (unpaired) electrons. The van der Waals surface area contributed by atoms with Crippen molar-refractivity contribution < 1.29 is 9.53 Å². The molecule has 0 fully saturated rings. The first-order valence-electron chi connectivity index (χ1n) is 5.31. The maximum absolute atomic E-state index is 11.6. The minimum atomic E-state index is -0.989. The molecule has 1 unspecified atom stereocenters. The molecule has 0 spiro atoms. The molecule has 0 saturated heterocycles. The predicted octanol–water partition coefficient (Wildman–Crippen LogP) is 1.28. The summed E-state index contributed by atoms with van der Waals surface area (Å²) in [6.45, 7) is 2.72. The first-order chi connectivity index (χ1) is 8.02. The quantitative estimate of drug-likeness (QED) is 0.754. The van der Waals surface area contributed by atoms with E-state index in [0.717, 1.165) is 0 Å². The molecule has 1 aromatic carbocycles. The SMILES string of the molecule is COCCNC(C)(C(N)=O)c1ccccc1Cl. The fraction of sp³-hybridized carbons (Fsp3) is 0.417. The lowest BCUT2D eigenvalue weighted by Crippen LogP contribution is -2.51. The van der Waals surface area contributed by atoms with Gasteiger partial charge in [0.2, 0.25) is 5.91 Å². The van der Waals surface area contributed by atoms with Gasteiger partial charge in [0.15, 0.2) is 0 Å². The lowest BCUT2D eigenvalue weighted by molar-refractivity contribution is -0.124. The summed E-state index contributed by atoms with van der Waals surface area (Å²) in [6, 6.07) is 7.14. The monoisotopic (exact) mass is 256 g/mol. The average Bonchev–Trinajstić information content (AvgIpc) is 2.29. The summed E-state index contributed by atoms with van der Waals surface area (Å²) in [7, 11) is 1.60. The summed E-state index contributed by atoms with van der Waals surface area (Å²) < 4.78 is 4.94. The van der Waals surface area contributed by atoms with Crippen molar-refractivity contribution in [3.63, 3.8) is 0 Å². The van der Waals surface area contributed by atoms with Gasteiger partial charge < -0.3 is 10.5 Å². The minimum absolute atomic E-state index is 0.471. The number of carbonyl (C=O) groups is 1. The molecule has 0 aliphatic carbocycles. The maximum Gasteiger partial charge on any atom is 0.242 e. The van der Waals surface area contributed by atoms with Gasteiger partial charge >= 0.3 is 0 Å². The van der Waals surface area contributed by atoms with E-state index in [1.165, 1.54) is 0 Å². The molecule has 0 heterocycles. The maximum atomic E-state index is 11.6. The summed E-state index contributed by atoms with van der Waals surface area (Å²) in [5.74, 6) is -0.471. The number of carbonyl (C=O) groups excluding carboxylic acids is 1. The number of primary amides is 1. The molecule has 0 aliphatic heterocycles. The number of methoxy groups -OCH3 is 1. The third-order valence-corrected chi connectivity index (χ3v) is 3.02. The molecular formula is C12H17ClN2O2. The molecule has 0 aliphatic rings. The predicted molar refractivity (Wildman–Crippen MR) is 67.9 cm³/mol. The van der Waals surface area contributed by atoms with Gasteiger partial charge in [-0.15, -0.1) is 0 Å². The number of benzene rings is 1. The van der Waals surface area contributed by atoms with Crippen LogP contribution in [0.3, 0.4) is 0 Å². The largest absolute Gasteiger partial charge is 0.383 e. The van der Waals surface area contributed by atoms with E-state index in [9.17, 15) is 4.79 Å². The highest BCUT2D eigenvalue weighted by molar-refractivity contribution is 6.31. The first-order valence-corrected chi connectivity index (χ1v) is 5.69. The highest BCUT2D eigenvalue weighted by atomic mass is 35.5. The molecule has 3 N–H and O–H groups in total. The Kier molecular flexibility index (Phi) is 4.93. The van der Waals surface area contributed by atoms with Crippen LogP contribution in [0.1, 0.15) is 12.5 Å². The Morgan fingerprint density at radius 2 is 2.18 bits per heavy atom. The van der Waals surface area contributed by atoms with Crippen LogP contribution < -0.4 is 11.1 Å². The Morgan fingerprint density at radius 1 is 1.53 bits per heavy atom. The fourth-order valence-corrected chi connectivity index (χ4v) is 1.91. The van der Waals surface area contributed by atoms with E-state index >= 15 is 0 Å². The zero-order chi connectivity index (χ0) is 12.9. The molecule has 4 nitrogen and oxygen atoms in total. The Balaban J connectivity index is 2.99. The smallest absolute Gasteiger partial charge is 0.242 e. The summed E-state index contributed by atoms with van der Waals surface area (Å²) >= 11 is 6.09. The van der Waals surface area contributed by atoms with Crippen LogP contribution in [-0.2, 0) is 15.1 Å². The van der Waals surface area contributed by atoms with Crippen LogP contribution in [0.2, 0.25) is 5.02 Å². The van der Waals surface area contributed by atoms with Crippen LogP contribution in [0.25, 0.3) is 0 Å². The fourth-order valence-electron chi connectivity index (χ4n) is 1.58. The molecule has 0 bridgehead atoms. The number of hydrogen-bond donors (Lipinski definition) is 2. The van der Waals surface area contributed by atoms with Crippen molar-refractivity contribution in [2.45, 2.75) is 12.5 Å². The second kappa shape index (κ2) is 6.00. The van der Waals surface area contributed by atoms with Crippen molar-refractivity contribution in [3.05, 3.63) is 34.9 Å². The second-order valence-corrected chi connectivity index (χ2v) is 4.30. The third kappa shape index (κ3) is 3.19. The van der Waals surface area contributed by atoms with Crippen molar-refractivity contribution in [3.8, 4) is 0 Å². The van der Waals surface area contributed by atoms with E-state index in [1.54, 1.807) is 26.2 Å². The van der Waals surface area contributed by atoms with E-state index in [1.807, 2.05) is 12.1 Å². The number of halogens is 1. The lowest BCUT2D eigenvalue weighted by atomic mass is 9.91. The number of ether oxygens (including phenoxy) is 1. The Morgan fingerprint density at radius 3 is 2.71 bits per heavy atom. The normalized spacial score (nSPS) is 14.3. The van der Waals surface area contributed by atoms with Gasteiger partial charge in [0.05, 0.1) is 6.61 Å². The van der Waals surface area contributed by atoms with Crippen LogP contribution in [0.5, 0.6) is 0 Å². The Bertz CT molecular complexity index is 398. The van der Waals surface area contributed by atoms with Crippen LogP contribution in [0.15, 0.2) is 24.3 Å². The second-order valence-electron chi connectivity index (χ2n) is 3.89. The molecule has 1 atom stereocenters. The number of nitrogens with one attached hydrogen (secondary N) is 1. The van der Waals surface area contributed by atoms with Gasteiger partial charge in [-0.2, -0.15) is 0 Å². The third-order valence-electron chi connectivity index (χ3n) is 2.69. The summed E-state index contributed by atoms with van der Waals surface area (Å²) in [5.41, 5.74) is 5.14. The molecular weight excluding hydrogens is 240 g/mol. The van der Waals surface area contributed by atoms with Crippen molar-refractivity contribution in [2.75, 3.05) is 20.3 Å². The van der Waals surface area contributed by atoms with Gasteiger partial charge in [0.1, 0.15) is 5.54 Å². The first kappa shape index (κ1) is 14.0. The standard InChI is InChI=1S/C12H17ClN2O2/c1-12(11(14)16,15-7-8-17-2)9-5-3-4-6-10(9)13/h3-6,15H,7-8H2,1-2H3,(H2,14,16). The van der Waals surface area contributed by atoms with Crippen LogP contribution in [0, 0.1) is 0 Å². The van der Waals surface area contributed by atoms with Crippen LogP contribution in [-0.4, -0.2) is 26.2 Å². The van der Waals surface area contributed by atoms with Crippen molar-refractivity contribution in [1.29, 1.82) is 0 Å².